The molecule has 0 unspecified atom stereocenters. The predicted molar refractivity (Wildman–Crippen MR) is 112 cm³/mol. The maximum Gasteiger partial charge on any atom is 0.341 e. The molecule has 10 heteroatoms. The molecule has 7 nitrogen and oxygen atoms in total. The summed E-state index contributed by atoms with van der Waals surface area (Å²) in [5.74, 6) is 0.0211. The molecule has 0 aliphatic rings. The van der Waals surface area contributed by atoms with Gasteiger partial charge in [0, 0.05) is 38.9 Å². The van der Waals surface area contributed by atoms with Crippen LogP contribution in [0, 0.1) is 13.8 Å². The van der Waals surface area contributed by atoms with E-state index in [0.717, 1.165) is 4.88 Å². The molecule has 0 bridgehead atoms. The zero-order chi connectivity index (χ0) is 21.1. The minimum absolute atomic E-state index is 0.121. The molecule has 0 radical (unpaired) electrons. The fraction of sp³-hybridized carbons (Fsp3) is 0.263. The SMILES string of the molecule is COC(=O)c1c(NC(=O)CCc2nc(C)no2)sc(C)c1-c1ccc(Cl)cc1Cl. The Kier molecular flexibility index (Phi) is 6.56. The number of anilines is 1. The molecular weight excluding hydrogens is 437 g/mol. The molecule has 3 aromatic rings. The molecular formula is C19H17Cl2N3O4S. The number of rotatable bonds is 6. The Morgan fingerprint density at radius 2 is 2.03 bits per heavy atom. The molecule has 0 spiro atoms. The van der Waals surface area contributed by atoms with Gasteiger partial charge in [-0.2, -0.15) is 4.98 Å². The minimum atomic E-state index is -0.571. The second-order valence-corrected chi connectivity index (χ2v) is 8.21. The zero-order valence-electron chi connectivity index (χ0n) is 15.8. The highest BCUT2D eigenvalue weighted by Gasteiger charge is 2.26. The van der Waals surface area contributed by atoms with Gasteiger partial charge in [0.25, 0.3) is 0 Å². The number of amides is 1. The Bertz CT molecular complexity index is 1080. The lowest BCUT2D eigenvalue weighted by atomic mass is 10.0. The third kappa shape index (κ3) is 4.77. The molecule has 0 aliphatic heterocycles. The van der Waals surface area contributed by atoms with Gasteiger partial charge in [-0.1, -0.05) is 34.4 Å². The van der Waals surface area contributed by atoms with E-state index in [1.807, 2.05) is 6.92 Å². The maximum absolute atomic E-state index is 12.5. The number of carbonyl (C=O) groups excluding carboxylic acids is 2. The Hall–Kier alpha value is -2.42. The van der Waals surface area contributed by atoms with Crippen LogP contribution in [-0.4, -0.2) is 29.1 Å². The second-order valence-electron chi connectivity index (χ2n) is 6.14. The molecule has 0 fully saturated rings. The number of halogens is 2. The van der Waals surface area contributed by atoms with Gasteiger partial charge in [0.2, 0.25) is 11.8 Å². The van der Waals surface area contributed by atoms with E-state index < -0.39 is 5.97 Å². The summed E-state index contributed by atoms with van der Waals surface area (Å²) < 4.78 is 9.95. The van der Waals surface area contributed by atoms with Gasteiger partial charge in [-0.3, -0.25) is 4.79 Å². The van der Waals surface area contributed by atoms with E-state index in [-0.39, 0.29) is 17.9 Å². The monoisotopic (exact) mass is 453 g/mol. The van der Waals surface area contributed by atoms with Crippen molar-refractivity contribution < 1.29 is 18.8 Å². The quantitative estimate of drug-likeness (QED) is 0.522. The van der Waals surface area contributed by atoms with Crippen LogP contribution in [0.25, 0.3) is 11.1 Å². The van der Waals surface area contributed by atoms with Gasteiger partial charge in [0.05, 0.1) is 7.11 Å². The molecule has 29 heavy (non-hydrogen) atoms. The number of thiophene rings is 1. The fourth-order valence-electron chi connectivity index (χ4n) is 2.80. The van der Waals surface area contributed by atoms with Crippen molar-refractivity contribution in [3.05, 3.63) is 50.4 Å². The molecule has 3 rings (SSSR count). The van der Waals surface area contributed by atoms with Gasteiger partial charge in [-0.05, 0) is 26.0 Å². The van der Waals surface area contributed by atoms with Crippen LogP contribution < -0.4 is 5.32 Å². The lowest BCUT2D eigenvalue weighted by molar-refractivity contribution is -0.116. The molecule has 1 aromatic carbocycles. The second kappa shape index (κ2) is 8.94. The number of carbonyl (C=O) groups is 2. The number of nitrogens with one attached hydrogen (secondary N) is 1. The number of benzene rings is 1. The van der Waals surface area contributed by atoms with Gasteiger partial charge >= 0.3 is 5.97 Å². The van der Waals surface area contributed by atoms with Crippen LogP contribution in [0.3, 0.4) is 0 Å². The topological polar surface area (TPSA) is 94.3 Å². The summed E-state index contributed by atoms with van der Waals surface area (Å²) in [6.07, 6.45) is 0.413. The van der Waals surface area contributed by atoms with Crippen LogP contribution in [-0.2, 0) is 16.0 Å². The molecule has 2 aromatic heterocycles. The maximum atomic E-state index is 12.5. The molecule has 0 atom stereocenters. The molecule has 2 heterocycles. The first-order valence-electron chi connectivity index (χ1n) is 8.56. The molecule has 1 N–H and O–H groups in total. The van der Waals surface area contributed by atoms with Gasteiger partial charge in [-0.15, -0.1) is 11.3 Å². The van der Waals surface area contributed by atoms with Gasteiger partial charge in [0.1, 0.15) is 10.6 Å². The predicted octanol–water partition coefficient (Wildman–Crippen LogP) is 5.08. The van der Waals surface area contributed by atoms with Crippen molar-refractivity contribution in [3.8, 4) is 11.1 Å². The first-order chi connectivity index (χ1) is 13.8. The number of ether oxygens (including phenoxy) is 1. The first kappa shape index (κ1) is 21.3. The Morgan fingerprint density at radius 3 is 2.66 bits per heavy atom. The number of aryl methyl sites for hydroxylation is 3. The van der Waals surface area contributed by atoms with Crippen LogP contribution in [0.15, 0.2) is 22.7 Å². The van der Waals surface area contributed by atoms with Crippen molar-refractivity contribution in [3.63, 3.8) is 0 Å². The number of hydrogen-bond donors (Lipinski definition) is 1. The molecule has 1 amide bonds. The summed E-state index contributed by atoms with van der Waals surface area (Å²) >= 11 is 13.6. The van der Waals surface area contributed by atoms with E-state index in [2.05, 4.69) is 15.5 Å². The van der Waals surface area contributed by atoms with E-state index in [1.165, 1.54) is 18.4 Å². The summed E-state index contributed by atoms with van der Waals surface area (Å²) in [6.45, 7) is 3.54. The van der Waals surface area contributed by atoms with E-state index >= 15 is 0 Å². The Balaban J connectivity index is 1.90. The van der Waals surface area contributed by atoms with Crippen LogP contribution in [0.2, 0.25) is 10.0 Å². The van der Waals surface area contributed by atoms with Crippen molar-refractivity contribution in [2.24, 2.45) is 0 Å². The highest BCUT2D eigenvalue weighted by molar-refractivity contribution is 7.17. The lowest BCUT2D eigenvalue weighted by Crippen LogP contribution is -2.14. The summed E-state index contributed by atoms with van der Waals surface area (Å²) in [5.41, 5.74) is 1.49. The summed E-state index contributed by atoms with van der Waals surface area (Å²) in [4.78, 5) is 29.8. The van der Waals surface area contributed by atoms with Crippen molar-refractivity contribution in [1.82, 2.24) is 10.1 Å². The van der Waals surface area contributed by atoms with E-state index in [1.54, 1.807) is 25.1 Å². The van der Waals surface area contributed by atoms with Crippen LogP contribution >= 0.6 is 34.5 Å². The Labute approximate surface area is 181 Å². The van der Waals surface area contributed by atoms with Crippen molar-refractivity contribution in [1.29, 1.82) is 0 Å². The highest BCUT2D eigenvalue weighted by atomic mass is 35.5. The molecule has 0 aliphatic carbocycles. The third-order valence-electron chi connectivity index (χ3n) is 4.06. The highest BCUT2D eigenvalue weighted by Crippen LogP contribution is 2.43. The van der Waals surface area contributed by atoms with Gasteiger partial charge < -0.3 is 14.6 Å². The number of nitrogens with zero attached hydrogens (tertiary/aromatic N) is 2. The standard InChI is InChI=1S/C19H17Cl2N3O4S/c1-9-16(12-5-4-11(20)8-13(12)21)17(19(26)27-3)18(29-9)23-14(25)6-7-15-22-10(2)24-28-15/h4-5,8H,6-7H2,1-3H3,(H,23,25). The number of esters is 1. The normalized spacial score (nSPS) is 10.8. The smallest absolute Gasteiger partial charge is 0.341 e. The fourth-order valence-corrected chi connectivity index (χ4v) is 4.37. The first-order valence-corrected chi connectivity index (χ1v) is 10.1. The van der Waals surface area contributed by atoms with E-state index in [0.29, 0.717) is 44.3 Å². The average molecular weight is 454 g/mol. The summed E-state index contributed by atoms with van der Waals surface area (Å²) in [5, 5.41) is 7.75. The lowest BCUT2D eigenvalue weighted by Gasteiger charge is -2.09. The Morgan fingerprint density at radius 1 is 1.28 bits per heavy atom. The molecule has 0 saturated heterocycles. The van der Waals surface area contributed by atoms with Gasteiger partial charge in [-0.25, -0.2) is 4.79 Å². The van der Waals surface area contributed by atoms with Gasteiger partial charge in [0.15, 0.2) is 5.82 Å². The van der Waals surface area contributed by atoms with Crippen molar-refractivity contribution in [2.45, 2.75) is 26.7 Å². The van der Waals surface area contributed by atoms with Crippen LogP contribution in [0.1, 0.15) is 33.4 Å². The van der Waals surface area contributed by atoms with Crippen LogP contribution in [0.4, 0.5) is 5.00 Å². The minimum Gasteiger partial charge on any atom is -0.465 e. The number of aromatic nitrogens is 2. The largest absolute Gasteiger partial charge is 0.465 e. The number of methoxy groups -OCH3 is 1. The zero-order valence-corrected chi connectivity index (χ0v) is 18.2. The summed E-state index contributed by atoms with van der Waals surface area (Å²) in [6, 6.07) is 5.02. The van der Waals surface area contributed by atoms with E-state index in [9.17, 15) is 9.59 Å². The third-order valence-corrected chi connectivity index (χ3v) is 5.63. The summed E-state index contributed by atoms with van der Waals surface area (Å²) in [7, 11) is 1.28. The van der Waals surface area contributed by atoms with Crippen molar-refractivity contribution >= 4 is 51.4 Å². The number of hydrogen-bond acceptors (Lipinski definition) is 7. The van der Waals surface area contributed by atoms with Crippen LogP contribution in [0.5, 0.6) is 0 Å². The van der Waals surface area contributed by atoms with Crippen molar-refractivity contribution in [2.75, 3.05) is 12.4 Å². The molecule has 0 saturated carbocycles. The average Bonchev–Trinajstić information content (AvgIpc) is 3.22. The molecule has 152 valence electrons. The van der Waals surface area contributed by atoms with E-state index in [4.69, 9.17) is 32.5 Å².